The monoisotopic (exact) mass is 342 g/mol. The second-order valence-corrected chi connectivity index (χ2v) is 7.26. The lowest BCUT2D eigenvalue weighted by Gasteiger charge is -2.09. The summed E-state index contributed by atoms with van der Waals surface area (Å²) in [5.74, 6) is -0.593. The minimum atomic E-state index is -4.34. The summed E-state index contributed by atoms with van der Waals surface area (Å²) in [5.41, 5.74) is -2.80. The molecule has 0 saturated carbocycles. The van der Waals surface area contributed by atoms with E-state index in [2.05, 4.69) is 10.0 Å². The van der Waals surface area contributed by atoms with Crippen molar-refractivity contribution in [3.63, 3.8) is 0 Å². The largest absolute Gasteiger partial charge is 0.441 e. The summed E-state index contributed by atoms with van der Waals surface area (Å²) in [5, 5.41) is 2.96. The second kappa shape index (κ2) is 8.02. The zero-order chi connectivity index (χ0) is 15.9. The van der Waals surface area contributed by atoms with Crippen molar-refractivity contribution in [3.8, 4) is 0 Å². The van der Waals surface area contributed by atoms with Gasteiger partial charge < -0.3 is 5.32 Å². The Labute approximate surface area is 126 Å². The highest BCUT2D eigenvalue weighted by Gasteiger charge is 2.27. The lowest BCUT2D eigenvalue weighted by molar-refractivity contribution is -0.0327. The molecule has 0 spiro atoms. The van der Waals surface area contributed by atoms with Crippen LogP contribution in [0, 0.1) is 0 Å². The molecule has 21 heavy (non-hydrogen) atoms. The van der Waals surface area contributed by atoms with Crippen LogP contribution in [0.1, 0.15) is 11.1 Å². The third kappa shape index (κ3) is 8.30. The summed E-state index contributed by atoms with van der Waals surface area (Å²) in [7, 11) is -1.85. The maximum absolute atomic E-state index is 11.9. The van der Waals surface area contributed by atoms with Gasteiger partial charge in [0.1, 0.15) is 0 Å². The number of sulfonamides is 1. The van der Waals surface area contributed by atoms with Gasteiger partial charge in [-0.3, -0.25) is 0 Å². The van der Waals surface area contributed by atoms with E-state index < -0.39 is 15.5 Å². The summed E-state index contributed by atoms with van der Waals surface area (Å²) >= 11 is -0.246. The highest BCUT2D eigenvalue weighted by atomic mass is 32.2. The molecule has 0 fully saturated rings. The topological polar surface area (TPSA) is 58.2 Å². The van der Waals surface area contributed by atoms with Crippen LogP contribution in [0.15, 0.2) is 24.3 Å². The lowest BCUT2D eigenvalue weighted by atomic mass is 10.1. The number of hydrogen-bond acceptors (Lipinski definition) is 4. The van der Waals surface area contributed by atoms with Crippen molar-refractivity contribution in [1.82, 2.24) is 10.0 Å². The van der Waals surface area contributed by atoms with E-state index >= 15 is 0 Å². The Kier molecular flexibility index (Phi) is 6.98. The first-order valence-corrected chi connectivity index (χ1v) is 8.76. The Morgan fingerprint density at radius 2 is 1.90 bits per heavy atom. The summed E-state index contributed by atoms with van der Waals surface area (Å²) in [4.78, 5) is 0. The molecular weight excluding hydrogens is 325 g/mol. The third-order valence-electron chi connectivity index (χ3n) is 2.42. The first-order valence-electron chi connectivity index (χ1n) is 6.12. The fourth-order valence-electron chi connectivity index (χ4n) is 1.67. The maximum atomic E-state index is 11.9. The predicted molar refractivity (Wildman–Crippen MR) is 78.3 cm³/mol. The molecule has 0 radical (unpaired) electrons. The predicted octanol–water partition coefficient (Wildman–Crippen LogP) is 2.08. The molecule has 1 aromatic carbocycles. The number of alkyl halides is 3. The molecule has 0 amide bonds. The van der Waals surface area contributed by atoms with E-state index in [0.717, 1.165) is 5.56 Å². The van der Waals surface area contributed by atoms with Crippen LogP contribution in [0.4, 0.5) is 13.2 Å². The molecule has 120 valence electrons. The van der Waals surface area contributed by atoms with Crippen molar-refractivity contribution in [2.75, 3.05) is 19.3 Å². The molecule has 1 aromatic rings. The quantitative estimate of drug-likeness (QED) is 0.710. The summed E-state index contributed by atoms with van der Waals surface area (Å²) in [6.45, 7) is 0.367. The van der Waals surface area contributed by atoms with Crippen molar-refractivity contribution in [1.29, 1.82) is 0 Å². The SMILES string of the molecule is CNCc1cccc(CS(=O)(=O)NCCSC(F)(F)F)c1. The van der Waals surface area contributed by atoms with Gasteiger partial charge in [-0.1, -0.05) is 24.3 Å². The van der Waals surface area contributed by atoms with Crippen molar-refractivity contribution in [3.05, 3.63) is 35.4 Å². The number of halogens is 3. The van der Waals surface area contributed by atoms with E-state index in [-0.39, 0.29) is 29.8 Å². The van der Waals surface area contributed by atoms with Crippen LogP contribution in [0.3, 0.4) is 0 Å². The summed E-state index contributed by atoms with van der Waals surface area (Å²) in [6.07, 6.45) is 0. The zero-order valence-electron chi connectivity index (χ0n) is 11.4. The smallest absolute Gasteiger partial charge is 0.316 e. The van der Waals surface area contributed by atoms with Gasteiger partial charge in [0, 0.05) is 18.8 Å². The molecule has 0 aliphatic rings. The molecule has 0 aliphatic carbocycles. The fourth-order valence-corrected chi connectivity index (χ4v) is 3.37. The number of rotatable bonds is 8. The van der Waals surface area contributed by atoms with Crippen LogP contribution in [-0.2, 0) is 22.3 Å². The number of benzene rings is 1. The highest BCUT2D eigenvalue weighted by Crippen LogP contribution is 2.29. The summed E-state index contributed by atoms with van der Waals surface area (Å²) in [6, 6.07) is 7.03. The molecule has 0 unspecified atom stereocenters. The zero-order valence-corrected chi connectivity index (χ0v) is 13.0. The molecule has 4 nitrogen and oxygen atoms in total. The minimum Gasteiger partial charge on any atom is -0.316 e. The first-order chi connectivity index (χ1) is 9.72. The fraction of sp³-hybridized carbons (Fsp3) is 0.500. The van der Waals surface area contributed by atoms with Gasteiger partial charge in [-0.2, -0.15) is 13.2 Å². The van der Waals surface area contributed by atoms with Crippen molar-refractivity contribution in [2.24, 2.45) is 0 Å². The Morgan fingerprint density at radius 3 is 2.52 bits per heavy atom. The van der Waals surface area contributed by atoms with Crippen molar-refractivity contribution < 1.29 is 21.6 Å². The first kappa shape index (κ1) is 18.3. The number of thioether (sulfide) groups is 1. The minimum absolute atomic E-state index is 0.246. The molecule has 2 N–H and O–H groups in total. The number of hydrogen-bond donors (Lipinski definition) is 2. The van der Waals surface area contributed by atoms with Gasteiger partial charge in [-0.05, 0) is 29.9 Å². The average molecular weight is 342 g/mol. The lowest BCUT2D eigenvalue weighted by Crippen LogP contribution is -2.28. The Balaban J connectivity index is 2.50. The van der Waals surface area contributed by atoms with E-state index in [1.165, 1.54) is 0 Å². The Bertz CT molecular complexity index is 548. The molecule has 0 aliphatic heterocycles. The Hall–Kier alpha value is -0.770. The third-order valence-corrected chi connectivity index (χ3v) is 4.51. The van der Waals surface area contributed by atoms with Crippen LogP contribution in [0.25, 0.3) is 0 Å². The molecule has 1 rings (SSSR count). The van der Waals surface area contributed by atoms with Gasteiger partial charge in [0.15, 0.2) is 0 Å². The maximum Gasteiger partial charge on any atom is 0.441 e. The van der Waals surface area contributed by atoms with Crippen LogP contribution < -0.4 is 10.0 Å². The van der Waals surface area contributed by atoms with Crippen LogP contribution in [-0.4, -0.2) is 33.3 Å². The van der Waals surface area contributed by atoms with Crippen LogP contribution in [0.2, 0.25) is 0 Å². The standard InChI is InChI=1S/C12H17F3N2O2S2/c1-16-8-10-3-2-4-11(7-10)9-21(18,19)17-5-6-20-12(13,14)15/h2-4,7,16-17H,5-6,8-9H2,1H3. The van der Waals surface area contributed by atoms with E-state index in [0.29, 0.717) is 12.1 Å². The van der Waals surface area contributed by atoms with E-state index in [1.54, 1.807) is 25.2 Å². The molecular formula is C12H17F3N2O2S2. The Morgan fingerprint density at radius 1 is 1.24 bits per heavy atom. The summed E-state index contributed by atoms with van der Waals surface area (Å²) < 4.78 is 61.5. The van der Waals surface area contributed by atoms with E-state index in [4.69, 9.17) is 0 Å². The van der Waals surface area contributed by atoms with Gasteiger partial charge in [0.2, 0.25) is 10.0 Å². The molecule has 0 heterocycles. The van der Waals surface area contributed by atoms with Gasteiger partial charge in [-0.15, -0.1) is 0 Å². The van der Waals surface area contributed by atoms with Crippen LogP contribution in [0.5, 0.6) is 0 Å². The van der Waals surface area contributed by atoms with Crippen molar-refractivity contribution in [2.45, 2.75) is 17.8 Å². The van der Waals surface area contributed by atoms with E-state index in [9.17, 15) is 21.6 Å². The highest BCUT2D eigenvalue weighted by molar-refractivity contribution is 8.00. The molecule has 0 saturated heterocycles. The normalized spacial score (nSPS) is 12.6. The molecule has 0 aromatic heterocycles. The van der Waals surface area contributed by atoms with Gasteiger partial charge in [-0.25, -0.2) is 13.1 Å². The van der Waals surface area contributed by atoms with Gasteiger partial charge in [0.05, 0.1) is 5.75 Å². The molecule has 0 bridgehead atoms. The van der Waals surface area contributed by atoms with Gasteiger partial charge >= 0.3 is 5.51 Å². The van der Waals surface area contributed by atoms with Crippen LogP contribution >= 0.6 is 11.8 Å². The van der Waals surface area contributed by atoms with Gasteiger partial charge in [0.25, 0.3) is 0 Å². The van der Waals surface area contributed by atoms with E-state index in [1.807, 2.05) is 6.07 Å². The molecule has 9 heteroatoms. The second-order valence-electron chi connectivity index (χ2n) is 4.30. The van der Waals surface area contributed by atoms with Crippen molar-refractivity contribution >= 4 is 21.8 Å². The number of nitrogens with one attached hydrogen (secondary N) is 2. The molecule has 0 atom stereocenters. The average Bonchev–Trinajstić information content (AvgIpc) is 2.34.